The zero-order valence-electron chi connectivity index (χ0n) is 10.1. The maximum absolute atomic E-state index is 13.3. The fourth-order valence-corrected chi connectivity index (χ4v) is 2.04. The molecule has 3 nitrogen and oxygen atoms in total. The van der Waals surface area contributed by atoms with Crippen LogP contribution >= 0.6 is 12.4 Å². The molecule has 1 heterocycles. The van der Waals surface area contributed by atoms with Gasteiger partial charge in [-0.3, -0.25) is 4.79 Å². The van der Waals surface area contributed by atoms with Crippen LogP contribution in [0.2, 0.25) is 0 Å². The van der Waals surface area contributed by atoms with Crippen molar-refractivity contribution in [1.29, 1.82) is 0 Å². The Morgan fingerprint density at radius 3 is 2.89 bits per heavy atom. The largest absolute Gasteiger partial charge is 0.352 e. The van der Waals surface area contributed by atoms with Crippen LogP contribution in [0.25, 0.3) is 0 Å². The highest BCUT2D eigenvalue weighted by atomic mass is 35.5. The Hall–Kier alpha value is -1.13. The maximum atomic E-state index is 13.3. The number of halogens is 2. The second kappa shape index (κ2) is 7.34. The van der Waals surface area contributed by atoms with E-state index in [1.54, 1.807) is 18.2 Å². The van der Waals surface area contributed by atoms with Crippen molar-refractivity contribution in [3.63, 3.8) is 0 Å². The topological polar surface area (TPSA) is 41.1 Å². The van der Waals surface area contributed by atoms with E-state index < -0.39 is 0 Å². The Labute approximate surface area is 113 Å². The number of amides is 1. The van der Waals surface area contributed by atoms with Crippen molar-refractivity contribution in [2.75, 3.05) is 13.1 Å². The second-order valence-electron chi connectivity index (χ2n) is 4.35. The number of hydrogen-bond donors (Lipinski definition) is 2. The highest BCUT2D eigenvalue weighted by Gasteiger charge is 2.20. The summed E-state index contributed by atoms with van der Waals surface area (Å²) in [7, 11) is 0. The zero-order chi connectivity index (χ0) is 12.1. The van der Waals surface area contributed by atoms with Crippen molar-refractivity contribution in [3.8, 4) is 0 Å². The Balaban J connectivity index is 0.00000162. The van der Waals surface area contributed by atoms with Gasteiger partial charge in [0.1, 0.15) is 5.82 Å². The number of benzene rings is 1. The van der Waals surface area contributed by atoms with Crippen molar-refractivity contribution in [3.05, 3.63) is 35.6 Å². The number of piperidine rings is 1. The Bertz CT molecular complexity index is 394. The minimum Gasteiger partial charge on any atom is -0.352 e. The maximum Gasteiger partial charge on any atom is 0.224 e. The van der Waals surface area contributed by atoms with Crippen LogP contribution in [0.5, 0.6) is 0 Å². The zero-order valence-corrected chi connectivity index (χ0v) is 10.9. The van der Waals surface area contributed by atoms with Crippen LogP contribution in [0.15, 0.2) is 24.3 Å². The van der Waals surface area contributed by atoms with Gasteiger partial charge >= 0.3 is 0 Å². The highest BCUT2D eigenvalue weighted by molar-refractivity contribution is 5.85. The average Bonchev–Trinajstić information content (AvgIpc) is 2.38. The molecule has 1 saturated heterocycles. The molecule has 0 aliphatic carbocycles. The molecule has 1 unspecified atom stereocenters. The Kier molecular flexibility index (Phi) is 6.09. The Morgan fingerprint density at radius 2 is 2.22 bits per heavy atom. The van der Waals surface area contributed by atoms with Crippen LogP contribution in [-0.4, -0.2) is 19.0 Å². The third-order valence-corrected chi connectivity index (χ3v) is 3.08. The predicted octanol–water partition coefficient (Wildman–Crippen LogP) is 1.86. The van der Waals surface area contributed by atoms with Gasteiger partial charge in [-0.25, -0.2) is 4.39 Å². The number of carbonyl (C=O) groups excluding carboxylic acids is 1. The molecule has 2 rings (SSSR count). The molecule has 18 heavy (non-hydrogen) atoms. The monoisotopic (exact) mass is 272 g/mol. The average molecular weight is 273 g/mol. The molecule has 0 spiro atoms. The summed E-state index contributed by atoms with van der Waals surface area (Å²) in [6.45, 7) is 1.97. The first-order valence-electron chi connectivity index (χ1n) is 5.99. The van der Waals surface area contributed by atoms with E-state index in [9.17, 15) is 9.18 Å². The summed E-state index contributed by atoms with van der Waals surface area (Å²) in [4.78, 5) is 11.8. The molecule has 5 heteroatoms. The second-order valence-corrected chi connectivity index (χ2v) is 4.35. The fourth-order valence-electron chi connectivity index (χ4n) is 2.04. The number of nitrogens with one attached hydrogen (secondary N) is 2. The summed E-state index contributed by atoms with van der Waals surface area (Å²) in [5.74, 6) is -0.231. The van der Waals surface area contributed by atoms with Gasteiger partial charge in [0.2, 0.25) is 5.91 Å². The molecule has 1 fully saturated rings. The van der Waals surface area contributed by atoms with E-state index in [-0.39, 0.29) is 36.6 Å². The molecule has 0 radical (unpaired) electrons. The smallest absolute Gasteiger partial charge is 0.224 e. The number of rotatable bonds is 3. The highest BCUT2D eigenvalue weighted by Crippen LogP contribution is 2.11. The molecule has 0 saturated carbocycles. The van der Waals surface area contributed by atoms with Gasteiger partial charge in [-0.2, -0.15) is 0 Å². The molecule has 1 aliphatic rings. The van der Waals surface area contributed by atoms with Crippen molar-refractivity contribution in [1.82, 2.24) is 10.6 Å². The lowest BCUT2D eigenvalue weighted by Crippen LogP contribution is -2.40. The lowest BCUT2D eigenvalue weighted by Gasteiger charge is -2.21. The molecule has 1 aromatic rings. The lowest BCUT2D eigenvalue weighted by atomic mass is 9.99. The third kappa shape index (κ3) is 3.96. The van der Waals surface area contributed by atoms with Crippen molar-refractivity contribution >= 4 is 18.3 Å². The van der Waals surface area contributed by atoms with Gasteiger partial charge in [0.15, 0.2) is 0 Å². The molecule has 100 valence electrons. The summed E-state index contributed by atoms with van der Waals surface area (Å²) >= 11 is 0. The van der Waals surface area contributed by atoms with Crippen LogP contribution < -0.4 is 10.6 Å². The van der Waals surface area contributed by atoms with E-state index in [1.165, 1.54) is 6.07 Å². The molecule has 1 aliphatic heterocycles. The van der Waals surface area contributed by atoms with Gasteiger partial charge in [-0.15, -0.1) is 12.4 Å². The van der Waals surface area contributed by atoms with E-state index in [2.05, 4.69) is 10.6 Å². The Morgan fingerprint density at radius 1 is 1.44 bits per heavy atom. The lowest BCUT2D eigenvalue weighted by molar-refractivity contribution is -0.125. The van der Waals surface area contributed by atoms with Crippen molar-refractivity contribution < 1.29 is 9.18 Å². The van der Waals surface area contributed by atoms with Crippen LogP contribution in [0.1, 0.15) is 18.4 Å². The molecule has 2 N–H and O–H groups in total. The van der Waals surface area contributed by atoms with Crippen LogP contribution in [-0.2, 0) is 11.3 Å². The van der Waals surface area contributed by atoms with E-state index in [0.29, 0.717) is 5.56 Å². The van der Waals surface area contributed by atoms with Gasteiger partial charge < -0.3 is 10.6 Å². The SMILES string of the molecule is Cl.O=C(NCc1ccccc1F)C1CCCNC1. The normalized spacial score (nSPS) is 18.8. The predicted molar refractivity (Wildman–Crippen MR) is 71.1 cm³/mol. The fraction of sp³-hybridized carbons (Fsp3) is 0.462. The van der Waals surface area contributed by atoms with Gasteiger partial charge in [0, 0.05) is 18.7 Å². The first kappa shape index (κ1) is 14.9. The molecule has 1 atom stereocenters. The van der Waals surface area contributed by atoms with Gasteiger partial charge in [-0.1, -0.05) is 18.2 Å². The van der Waals surface area contributed by atoms with Gasteiger partial charge in [-0.05, 0) is 25.5 Å². The minimum absolute atomic E-state index is 0. The van der Waals surface area contributed by atoms with Gasteiger partial charge in [0.25, 0.3) is 0 Å². The molecule has 0 aromatic heterocycles. The van der Waals surface area contributed by atoms with Crippen molar-refractivity contribution in [2.24, 2.45) is 5.92 Å². The van der Waals surface area contributed by atoms with Gasteiger partial charge in [0.05, 0.1) is 5.92 Å². The van der Waals surface area contributed by atoms with Crippen LogP contribution in [0.3, 0.4) is 0 Å². The summed E-state index contributed by atoms with van der Waals surface area (Å²) in [5, 5.41) is 5.98. The number of hydrogen-bond acceptors (Lipinski definition) is 2. The standard InChI is InChI=1S/C13H17FN2O.ClH/c14-12-6-2-1-4-10(12)9-16-13(17)11-5-3-7-15-8-11;/h1-2,4,6,11,15H,3,5,7-9H2,(H,16,17);1H. The summed E-state index contributed by atoms with van der Waals surface area (Å²) in [5.41, 5.74) is 0.532. The van der Waals surface area contributed by atoms with E-state index in [0.717, 1.165) is 25.9 Å². The quantitative estimate of drug-likeness (QED) is 0.882. The minimum atomic E-state index is -0.269. The first-order chi connectivity index (χ1) is 8.27. The summed E-state index contributed by atoms with van der Waals surface area (Å²) in [6.07, 6.45) is 1.94. The van der Waals surface area contributed by atoms with E-state index in [1.807, 2.05) is 0 Å². The van der Waals surface area contributed by atoms with Crippen molar-refractivity contribution in [2.45, 2.75) is 19.4 Å². The molecular formula is C13H18ClFN2O. The van der Waals surface area contributed by atoms with Crippen LogP contribution in [0.4, 0.5) is 4.39 Å². The molecule has 0 bridgehead atoms. The third-order valence-electron chi connectivity index (χ3n) is 3.08. The van der Waals surface area contributed by atoms with Crippen LogP contribution in [0, 0.1) is 11.7 Å². The molecular weight excluding hydrogens is 255 g/mol. The molecule has 1 aromatic carbocycles. The summed E-state index contributed by atoms with van der Waals surface area (Å²) in [6, 6.07) is 6.51. The first-order valence-corrected chi connectivity index (χ1v) is 5.99. The van der Waals surface area contributed by atoms with E-state index >= 15 is 0 Å². The number of carbonyl (C=O) groups is 1. The van der Waals surface area contributed by atoms with E-state index in [4.69, 9.17) is 0 Å². The molecule has 1 amide bonds. The summed E-state index contributed by atoms with van der Waals surface area (Å²) < 4.78 is 13.3.